The maximum atomic E-state index is 13.4. The van der Waals surface area contributed by atoms with Crippen LogP contribution in [0.4, 0.5) is 13.2 Å². The van der Waals surface area contributed by atoms with E-state index in [2.05, 4.69) is 42.7 Å². The Balaban J connectivity index is 2.04. The lowest BCUT2D eigenvalue weighted by molar-refractivity contribution is -0.661. The maximum Gasteiger partial charge on any atom is 0.416 e. The molecule has 0 N–H and O–H groups in total. The minimum absolute atomic E-state index is 0.246. The Bertz CT molecular complexity index is 1000. The molecule has 0 radical (unpaired) electrons. The molecule has 0 saturated heterocycles. The van der Waals surface area contributed by atoms with E-state index in [4.69, 9.17) is 0 Å². The van der Waals surface area contributed by atoms with Gasteiger partial charge in [-0.2, -0.15) is 17.7 Å². The Labute approximate surface area is 157 Å². The standard InChI is InChI=1S/C23H23F3N/c1-3-22(4-2)13-14-27-20-8-6-5-7-16(20)9-12-21(27)18-11-10-17(15-19(18)22)23(24,25)26/h5-12,15H,3-4,13-14H2,1-2H3/q+1. The minimum atomic E-state index is -4.33. The van der Waals surface area contributed by atoms with Crippen molar-refractivity contribution in [2.45, 2.75) is 51.2 Å². The fourth-order valence-corrected chi connectivity index (χ4v) is 4.57. The van der Waals surface area contributed by atoms with Crippen LogP contribution in [0.3, 0.4) is 0 Å². The number of aromatic nitrogens is 1. The summed E-state index contributed by atoms with van der Waals surface area (Å²) in [6.45, 7) is 4.98. The van der Waals surface area contributed by atoms with Crippen molar-refractivity contribution in [2.75, 3.05) is 0 Å². The van der Waals surface area contributed by atoms with Gasteiger partial charge in [0, 0.05) is 34.9 Å². The minimum Gasteiger partial charge on any atom is -0.191 e. The fourth-order valence-electron chi connectivity index (χ4n) is 4.57. The van der Waals surface area contributed by atoms with Gasteiger partial charge in [-0.15, -0.1) is 0 Å². The maximum absolute atomic E-state index is 13.4. The molecular weight excluding hydrogens is 347 g/mol. The molecule has 0 aliphatic carbocycles. The quantitative estimate of drug-likeness (QED) is 0.468. The summed E-state index contributed by atoms with van der Waals surface area (Å²) in [4.78, 5) is 0. The number of hydrogen-bond acceptors (Lipinski definition) is 0. The molecule has 0 bridgehead atoms. The van der Waals surface area contributed by atoms with E-state index in [1.807, 2.05) is 12.1 Å². The molecule has 0 amide bonds. The van der Waals surface area contributed by atoms with E-state index >= 15 is 0 Å². The third-order valence-electron chi connectivity index (χ3n) is 6.30. The van der Waals surface area contributed by atoms with Crippen molar-refractivity contribution < 1.29 is 17.7 Å². The zero-order valence-corrected chi connectivity index (χ0v) is 15.6. The molecule has 0 saturated carbocycles. The highest BCUT2D eigenvalue weighted by molar-refractivity contribution is 5.78. The predicted molar refractivity (Wildman–Crippen MR) is 101 cm³/mol. The van der Waals surface area contributed by atoms with Gasteiger partial charge in [0.2, 0.25) is 11.2 Å². The number of rotatable bonds is 2. The van der Waals surface area contributed by atoms with Crippen LogP contribution >= 0.6 is 0 Å². The largest absolute Gasteiger partial charge is 0.416 e. The Morgan fingerprint density at radius 2 is 1.70 bits per heavy atom. The van der Waals surface area contributed by atoms with Crippen molar-refractivity contribution in [3.8, 4) is 11.3 Å². The number of halogens is 3. The normalized spacial score (nSPS) is 15.9. The summed E-state index contributed by atoms with van der Waals surface area (Å²) < 4.78 is 42.5. The summed E-state index contributed by atoms with van der Waals surface area (Å²) in [7, 11) is 0. The van der Waals surface area contributed by atoms with Gasteiger partial charge in [0.15, 0.2) is 6.54 Å². The lowest BCUT2D eigenvalue weighted by atomic mass is 9.71. The van der Waals surface area contributed by atoms with Crippen LogP contribution in [0.5, 0.6) is 0 Å². The first-order valence-corrected chi connectivity index (χ1v) is 9.53. The second-order valence-electron chi connectivity index (χ2n) is 7.42. The molecule has 140 valence electrons. The SMILES string of the molecule is CCC1(CC)CC[n+]2c(ccc3ccccc32)-c2ccc(C(F)(F)F)cc21. The number of para-hydroxylation sites is 1. The lowest BCUT2D eigenvalue weighted by Crippen LogP contribution is -2.38. The number of aryl methyl sites for hydroxylation is 1. The van der Waals surface area contributed by atoms with E-state index in [0.717, 1.165) is 53.5 Å². The first-order chi connectivity index (χ1) is 12.9. The molecule has 2 heterocycles. The van der Waals surface area contributed by atoms with Crippen molar-refractivity contribution in [1.82, 2.24) is 0 Å². The molecule has 27 heavy (non-hydrogen) atoms. The second kappa shape index (κ2) is 6.36. The van der Waals surface area contributed by atoms with Gasteiger partial charge in [-0.25, -0.2) is 0 Å². The lowest BCUT2D eigenvalue weighted by Gasteiger charge is -2.31. The van der Waals surface area contributed by atoms with Crippen LogP contribution in [0, 0.1) is 0 Å². The van der Waals surface area contributed by atoms with Crippen molar-refractivity contribution in [3.63, 3.8) is 0 Å². The molecule has 3 aromatic rings. The zero-order chi connectivity index (χ0) is 19.2. The van der Waals surface area contributed by atoms with Gasteiger partial charge < -0.3 is 0 Å². The molecule has 0 spiro atoms. The highest BCUT2D eigenvalue weighted by Crippen LogP contribution is 2.44. The zero-order valence-electron chi connectivity index (χ0n) is 15.6. The van der Waals surface area contributed by atoms with Gasteiger partial charge in [0.1, 0.15) is 0 Å². The van der Waals surface area contributed by atoms with Gasteiger partial charge in [0.25, 0.3) is 0 Å². The van der Waals surface area contributed by atoms with Crippen molar-refractivity contribution in [3.05, 3.63) is 65.7 Å². The van der Waals surface area contributed by atoms with E-state index in [1.165, 1.54) is 12.1 Å². The van der Waals surface area contributed by atoms with E-state index in [1.54, 1.807) is 6.07 Å². The molecule has 1 aliphatic rings. The van der Waals surface area contributed by atoms with Crippen LogP contribution in [0.1, 0.15) is 44.2 Å². The topological polar surface area (TPSA) is 3.88 Å². The van der Waals surface area contributed by atoms with Crippen molar-refractivity contribution in [1.29, 1.82) is 0 Å². The first-order valence-electron chi connectivity index (χ1n) is 9.53. The number of fused-ring (bicyclic) bond motifs is 5. The van der Waals surface area contributed by atoms with Crippen LogP contribution < -0.4 is 4.57 Å². The summed E-state index contributed by atoms with van der Waals surface area (Å²) >= 11 is 0. The number of nitrogens with zero attached hydrogens (tertiary/aromatic N) is 1. The molecule has 0 unspecified atom stereocenters. The molecule has 4 heteroatoms. The molecular formula is C23H23F3N+. The van der Waals surface area contributed by atoms with Crippen LogP contribution in [-0.4, -0.2) is 0 Å². The van der Waals surface area contributed by atoms with Crippen LogP contribution in [0.15, 0.2) is 54.6 Å². The molecule has 0 atom stereocenters. The molecule has 1 aromatic heterocycles. The number of pyridine rings is 1. The Morgan fingerprint density at radius 3 is 2.41 bits per heavy atom. The summed E-state index contributed by atoms with van der Waals surface area (Å²) in [5, 5.41) is 1.15. The third-order valence-corrected chi connectivity index (χ3v) is 6.30. The average molecular weight is 370 g/mol. The van der Waals surface area contributed by atoms with Gasteiger partial charge in [-0.1, -0.05) is 26.0 Å². The van der Waals surface area contributed by atoms with Crippen LogP contribution in [0.25, 0.3) is 22.2 Å². The monoisotopic (exact) mass is 370 g/mol. The van der Waals surface area contributed by atoms with E-state index in [9.17, 15) is 13.2 Å². The third kappa shape index (κ3) is 2.82. The van der Waals surface area contributed by atoms with Crippen LogP contribution in [-0.2, 0) is 18.1 Å². The van der Waals surface area contributed by atoms with Crippen molar-refractivity contribution in [2.24, 2.45) is 0 Å². The summed E-state index contributed by atoms with van der Waals surface area (Å²) in [5.74, 6) is 0. The van der Waals surface area contributed by atoms with Crippen molar-refractivity contribution >= 4 is 10.9 Å². The number of benzene rings is 2. The second-order valence-corrected chi connectivity index (χ2v) is 7.42. The van der Waals surface area contributed by atoms with Gasteiger partial charge in [0.05, 0.1) is 5.56 Å². The summed E-state index contributed by atoms with van der Waals surface area (Å²) in [5.41, 5.74) is 3.09. The van der Waals surface area contributed by atoms with Gasteiger partial charge >= 0.3 is 6.18 Å². The smallest absolute Gasteiger partial charge is 0.191 e. The highest BCUT2D eigenvalue weighted by atomic mass is 19.4. The number of hydrogen-bond donors (Lipinski definition) is 0. The molecule has 2 aromatic carbocycles. The Kier molecular flexibility index (Phi) is 4.25. The van der Waals surface area contributed by atoms with E-state index < -0.39 is 11.7 Å². The molecule has 4 rings (SSSR count). The van der Waals surface area contributed by atoms with Crippen LogP contribution in [0.2, 0.25) is 0 Å². The summed E-state index contributed by atoms with van der Waals surface area (Å²) in [6, 6.07) is 16.6. The summed E-state index contributed by atoms with van der Waals surface area (Å²) in [6.07, 6.45) is -1.84. The highest BCUT2D eigenvalue weighted by Gasteiger charge is 2.40. The van der Waals surface area contributed by atoms with E-state index in [0.29, 0.717) is 0 Å². The average Bonchev–Trinajstić information content (AvgIpc) is 2.82. The Hall–Kier alpha value is -2.36. The molecule has 0 fully saturated rings. The molecule has 1 aliphatic heterocycles. The molecule has 1 nitrogen and oxygen atoms in total. The first kappa shape index (κ1) is 18.0. The number of alkyl halides is 3. The van der Waals surface area contributed by atoms with E-state index in [-0.39, 0.29) is 5.41 Å². The van der Waals surface area contributed by atoms with Gasteiger partial charge in [-0.3, -0.25) is 0 Å². The van der Waals surface area contributed by atoms with Gasteiger partial charge in [-0.05, 0) is 48.7 Å². The predicted octanol–water partition coefficient (Wildman–Crippen LogP) is 6.27. The fraction of sp³-hybridized carbons (Fsp3) is 0.348. The Morgan fingerprint density at radius 1 is 0.963 bits per heavy atom.